The molecule has 0 radical (unpaired) electrons. The number of pyridine rings is 1. The summed E-state index contributed by atoms with van der Waals surface area (Å²) in [6.45, 7) is 7.08. The number of halogens is 3. The molecule has 9 nitrogen and oxygen atoms in total. The molecule has 2 N–H and O–H groups in total. The van der Waals surface area contributed by atoms with Crippen LogP contribution in [-0.4, -0.2) is 56.9 Å². The number of hydrogen-bond donors (Lipinski definition) is 2. The number of piperidine rings is 1. The van der Waals surface area contributed by atoms with E-state index in [4.69, 9.17) is 0 Å². The number of nitrogens with one attached hydrogen (secondary N) is 1. The van der Waals surface area contributed by atoms with Crippen molar-refractivity contribution in [3.8, 4) is 0 Å². The van der Waals surface area contributed by atoms with E-state index in [0.29, 0.717) is 29.7 Å². The highest BCUT2D eigenvalue weighted by atomic mass is 19.4. The van der Waals surface area contributed by atoms with Crippen LogP contribution in [0.25, 0.3) is 0 Å². The van der Waals surface area contributed by atoms with Gasteiger partial charge in [-0.25, -0.2) is 19.8 Å². The number of rotatable bonds is 11. The van der Waals surface area contributed by atoms with Crippen LogP contribution < -0.4 is 10.2 Å². The Hall–Kier alpha value is -4.06. The van der Waals surface area contributed by atoms with Gasteiger partial charge in [0, 0.05) is 37.6 Å². The summed E-state index contributed by atoms with van der Waals surface area (Å²) in [6, 6.07) is 9.09. The van der Waals surface area contributed by atoms with Gasteiger partial charge < -0.3 is 15.3 Å². The van der Waals surface area contributed by atoms with E-state index < -0.39 is 23.5 Å². The lowest BCUT2D eigenvalue weighted by Gasteiger charge is -2.41. The van der Waals surface area contributed by atoms with E-state index >= 15 is 0 Å². The Morgan fingerprint density at radius 1 is 1.16 bits per heavy atom. The van der Waals surface area contributed by atoms with E-state index in [2.05, 4.69) is 36.9 Å². The summed E-state index contributed by atoms with van der Waals surface area (Å²) in [5.74, 6) is -0.877. The molecule has 1 saturated carbocycles. The highest BCUT2D eigenvalue weighted by molar-refractivity contribution is 5.87. The summed E-state index contributed by atoms with van der Waals surface area (Å²) in [6.07, 6.45) is 5.36. The molecule has 1 aliphatic carbocycles. The maximum absolute atomic E-state index is 13.3. The number of anilines is 2. The lowest BCUT2D eigenvalue weighted by Crippen LogP contribution is -2.43. The molecular formula is C31H36F3N7O2. The molecule has 5 rings (SSSR count). The lowest BCUT2D eigenvalue weighted by atomic mass is 9.80. The Morgan fingerprint density at radius 3 is 2.53 bits per heavy atom. The minimum Gasteiger partial charge on any atom is -0.475 e. The van der Waals surface area contributed by atoms with Gasteiger partial charge in [-0.3, -0.25) is 9.88 Å². The zero-order valence-corrected chi connectivity index (χ0v) is 24.1. The van der Waals surface area contributed by atoms with Crippen molar-refractivity contribution in [2.45, 2.75) is 70.3 Å². The van der Waals surface area contributed by atoms with Crippen molar-refractivity contribution in [3.63, 3.8) is 0 Å². The fourth-order valence-corrected chi connectivity index (χ4v) is 5.86. The van der Waals surface area contributed by atoms with Crippen LogP contribution in [0, 0.1) is 5.92 Å². The van der Waals surface area contributed by atoms with Crippen molar-refractivity contribution in [2.24, 2.45) is 10.9 Å². The molecule has 3 aromatic rings. The van der Waals surface area contributed by atoms with Gasteiger partial charge in [0.2, 0.25) is 5.82 Å². The highest BCUT2D eigenvalue weighted by Crippen LogP contribution is 2.40. The molecule has 2 fully saturated rings. The topological polar surface area (TPSA) is 107 Å². The molecule has 2 aromatic heterocycles. The van der Waals surface area contributed by atoms with Crippen molar-refractivity contribution in [2.75, 3.05) is 23.4 Å². The molecule has 1 unspecified atom stereocenters. The first-order valence-electron chi connectivity index (χ1n) is 14.6. The third kappa shape index (κ3) is 7.12. The average Bonchev–Trinajstić information content (AvgIpc) is 2.96. The number of carboxylic acid groups (broad SMARTS) is 1. The molecule has 12 heteroatoms. The molecule has 2 atom stereocenters. The summed E-state index contributed by atoms with van der Waals surface area (Å²) in [5.41, 5.74) is 1.45. The normalized spacial score (nSPS) is 18.5. The summed E-state index contributed by atoms with van der Waals surface area (Å²) < 4.78 is 40.0. The monoisotopic (exact) mass is 595 g/mol. The summed E-state index contributed by atoms with van der Waals surface area (Å²) in [5, 5.41) is 13.2. The van der Waals surface area contributed by atoms with Gasteiger partial charge in [0.1, 0.15) is 5.69 Å². The number of hydrogen-bond acceptors (Lipinski definition) is 8. The molecular weight excluding hydrogens is 559 g/mol. The molecule has 1 aliphatic heterocycles. The van der Waals surface area contributed by atoms with Crippen LogP contribution in [0.2, 0.25) is 0 Å². The summed E-state index contributed by atoms with van der Waals surface area (Å²) in [7, 11) is 0. The maximum Gasteiger partial charge on any atom is 0.416 e. The van der Waals surface area contributed by atoms with Crippen molar-refractivity contribution >= 4 is 30.0 Å². The Kier molecular flexibility index (Phi) is 9.24. The number of alkyl halides is 3. The molecule has 0 spiro atoms. The van der Waals surface area contributed by atoms with Crippen LogP contribution in [-0.2, 0) is 12.7 Å². The largest absolute Gasteiger partial charge is 0.475 e. The number of likely N-dealkylation sites (tertiary alicyclic amines) is 1. The van der Waals surface area contributed by atoms with Gasteiger partial charge in [0.15, 0.2) is 11.6 Å². The van der Waals surface area contributed by atoms with Crippen LogP contribution in [0.15, 0.2) is 53.8 Å². The van der Waals surface area contributed by atoms with E-state index in [0.717, 1.165) is 62.8 Å². The van der Waals surface area contributed by atoms with Crippen LogP contribution in [0.1, 0.15) is 78.8 Å². The molecule has 3 heterocycles. The van der Waals surface area contributed by atoms with Gasteiger partial charge in [-0.05, 0) is 74.6 Å². The van der Waals surface area contributed by atoms with Gasteiger partial charge in [-0.1, -0.05) is 31.0 Å². The lowest BCUT2D eigenvalue weighted by molar-refractivity contribution is -0.137. The zero-order valence-electron chi connectivity index (χ0n) is 24.1. The molecule has 1 saturated heterocycles. The summed E-state index contributed by atoms with van der Waals surface area (Å²) >= 11 is 0. The number of nitrogens with zero attached hydrogens (tertiary/aromatic N) is 6. The molecule has 1 aromatic carbocycles. The smallest absolute Gasteiger partial charge is 0.416 e. The van der Waals surface area contributed by atoms with Crippen molar-refractivity contribution in [1.29, 1.82) is 0 Å². The third-order valence-corrected chi connectivity index (χ3v) is 8.43. The van der Waals surface area contributed by atoms with Crippen molar-refractivity contribution < 1.29 is 23.1 Å². The second-order valence-corrected chi connectivity index (χ2v) is 11.3. The van der Waals surface area contributed by atoms with Crippen LogP contribution in [0.3, 0.4) is 0 Å². The van der Waals surface area contributed by atoms with E-state index in [9.17, 15) is 23.1 Å². The Balaban J connectivity index is 1.57. The molecule has 228 valence electrons. The van der Waals surface area contributed by atoms with Crippen LogP contribution in [0.4, 0.5) is 30.5 Å². The maximum atomic E-state index is 13.3. The van der Waals surface area contributed by atoms with Crippen LogP contribution >= 0.6 is 0 Å². The van der Waals surface area contributed by atoms with Gasteiger partial charge in [-0.2, -0.15) is 13.2 Å². The Morgan fingerprint density at radius 2 is 1.93 bits per heavy atom. The van der Waals surface area contributed by atoms with E-state index in [1.165, 1.54) is 12.1 Å². The van der Waals surface area contributed by atoms with Gasteiger partial charge in [0.05, 0.1) is 12.2 Å². The number of carbonyl (C=O) groups is 1. The third-order valence-electron chi connectivity index (χ3n) is 8.43. The number of aromatic carboxylic acids is 1. The van der Waals surface area contributed by atoms with Gasteiger partial charge in [-0.15, -0.1) is 0 Å². The SMILES string of the molecule is C=Nc1nc(C(=O)O)nc(N[C@H](C)C2CCC2)c1N(Cc1ccc(C(F)(F)F)cc1)CN1CCCCC1c1cccnc1. The first kappa shape index (κ1) is 30.4. The second-order valence-electron chi connectivity index (χ2n) is 11.3. The number of aromatic nitrogens is 3. The van der Waals surface area contributed by atoms with Crippen LogP contribution in [0.5, 0.6) is 0 Å². The van der Waals surface area contributed by atoms with Crippen molar-refractivity contribution in [1.82, 2.24) is 19.9 Å². The molecule has 43 heavy (non-hydrogen) atoms. The minimum absolute atomic E-state index is 0.00718. The predicted octanol–water partition coefficient (Wildman–Crippen LogP) is 6.71. The standard InChI is InChI=1S/C31H36F3N7O2/c1-20(22-7-5-8-22)37-28-26(27(35-2)38-29(39-28)30(42)43)41(18-21-11-13-24(14-12-21)31(32,33)34)19-40-16-4-3-10-25(40)23-9-6-15-36-17-23/h6,9,11-15,17,20,22,25H,2-5,7-8,10,16,18-19H2,1H3,(H,42,43)(H,37,38,39)/t20-,25?/m1/s1. The molecule has 0 bridgehead atoms. The first-order chi connectivity index (χ1) is 20.6. The number of carboxylic acids is 1. The highest BCUT2D eigenvalue weighted by Gasteiger charge is 2.32. The first-order valence-corrected chi connectivity index (χ1v) is 14.6. The Labute approximate surface area is 248 Å². The zero-order chi connectivity index (χ0) is 30.6. The molecule has 2 aliphatic rings. The van der Waals surface area contributed by atoms with E-state index in [1.807, 2.05) is 30.2 Å². The fourth-order valence-electron chi connectivity index (χ4n) is 5.86. The molecule has 0 amide bonds. The van der Waals surface area contributed by atoms with Gasteiger partial charge in [0.25, 0.3) is 0 Å². The number of benzene rings is 1. The minimum atomic E-state index is -4.45. The Bertz CT molecular complexity index is 1420. The average molecular weight is 596 g/mol. The second kappa shape index (κ2) is 13.1. The quantitative estimate of drug-likeness (QED) is 0.236. The van der Waals surface area contributed by atoms with E-state index in [-0.39, 0.29) is 24.4 Å². The number of aliphatic imine (C=N–C) groups is 1. The predicted molar refractivity (Wildman–Crippen MR) is 159 cm³/mol. The fraction of sp³-hybridized carbons (Fsp3) is 0.452. The summed E-state index contributed by atoms with van der Waals surface area (Å²) in [4.78, 5) is 33.3. The van der Waals surface area contributed by atoms with Gasteiger partial charge >= 0.3 is 12.1 Å². The van der Waals surface area contributed by atoms with Crippen molar-refractivity contribution in [3.05, 3.63) is 71.3 Å². The van der Waals surface area contributed by atoms with E-state index in [1.54, 1.807) is 6.20 Å².